The normalized spacial score (nSPS) is 21.2. The SMILES string of the molecule is Cc1ccc(COC2CCO2)cc1. The lowest BCUT2D eigenvalue weighted by Gasteiger charge is -2.26. The van der Waals surface area contributed by atoms with Crippen LogP contribution in [-0.2, 0) is 16.1 Å². The average Bonchev–Trinajstić information content (AvgIpc) is 2.05. The second kappa shape index (κ2) is 3.90. The van der Waals surface area contributed by atoms with E-state index < -0.39 is 0 Å². The van der Waals surface area contributed by atoms with Gasteiger partial charge in [0.1, 0.15) is 0 Å². The maximum atomic E-state index is 5.48. The van der Waals surface area contributed by atoms with Crippen molar-refractivity contribution in [3.05, 3.63) is 35.4 Å². The molecule has 1 aromatic carbocycles. The van der Waals surface area contributed by atoms with E-state index >= 15 is 0 Å². The molecule has 2 heteroatoms. The molecule has 1 saturated heterocycles. The van der Waals surface area contributed by atoms with Crippen molar-refractivity contribution in [2.75, 3.05) is 6.61 Å². The molecule has 0 radical (unpaired) electrons. The Bertz CT molecular complexity index is 262. The van der Waals surface area contributed by atoms with Gasteiger partial charge in [-0.1, -0.05) is 29.8 Å². The fraction of sp³-hybridized carbons (Fsp3) is 0.455. The van der Waals surface area contributed by atoms with Gasteiger partial charge in [0.2, 0.25) is 0 Å². The second-order valence-corrected chi connectivity index (χ2v) is 3.39. The summed E-state index contributed by atoms with van der Waals surface area (Å²) in [7, 11) is 0. The highest BCUT2D eigenvalue weighted by atomic mass is 16.7. The van der Waals surface area contributed by atoms with Gasteiger partial charge in [0.25, 0.3) is 0 Å². The zero-order chi connectivity index (χ0) is 9.10. The number of benzene rings is 1. The first-order chi connectivity index (χ1) is 6.34. The van der Waals surface area contributed by atoms with Crippen LogP contribution in [0.1, 0.15) is 17.5 Å². The van der Waals surface area contributed by atoms with E-state index in [1.54, 1.807) is 0 Å². The summed E-state index contributed by atoms with van der Waals surface area (Å²) >= 11 is 0. The number of ether oxygens (including phenoxy) is 2. The lowest BCUT2D eigenvalue weighted by atomic mass is 10.2. The van der Waals surface area contributed by atoms with Crippen molar-refractivity contribution >= 4 is 0 Å². The standard InChI is InChI=1S/C11H14O2/c1-9-2-4-10(5-3-9)8-13-11-6-7-12-11/h2-5,11H,6-8H2,1H3. The maximum absolute atomic E-state index is 5.48. The van der Waals surface area contributed by atoms with Gasteiger partial charge in [-0.25, -0.2) is 0 Å². The predicted molar refractivity (Wildman–Crippen MR) is 50.3 cm³/mol. The van der Waals surface area contributed by atoms with Gasteiger partial charge in [-0.2, -0.15) is 0 Å². The fourth-order valence-corrected chi connectivity index (χ4v) is 1.22. The molecule has 1 unspecified atom stereocenters. The van der Waals surface area contributed by atoms with Crippen LogP contribution in [0, 0.1) is 6.92 Å². The minimum absolute atomic E-state index is 0.0429. The van der Waals surface area contributed by atoms with Crippen molar-refractivity contribution in [1.82, 2.24) is 0 Å². The van der Waals surface area contributed by atoms with Crippen LogP contribution in [0.15, 0.2) is 24.3 Å². The first-order valence-electron chi connectivity index (χ1n) is 4.63. The molecule has 1 atom stereocenters. The van der Waals surface area contributed by atoms with Gasteiger partial charge in [0.15, 0.2) is 6.29 Å². The van der Waals surface area contributed by atoms with Crippen LogP contribution in [0.4, 0.5) is 0 Å². The minimum Gasteiger partial charge on any atom is -0.352 e. The summed E-state index contributed by atoms with van der Waals surface area (Å²) in [5.41, 5.74) is 2.49. The van der Waals surface area contributed by atoms with Crippen molar-refractivity contribution in [2.45, 2.75) is 26.2 Å². The molecule has 0 aromatic heterocycles. The quantitative estimate of drug-likeness (QED) is 0.706. The molecule has 1 aromatic rings. The highest BCUT2D eigenvalue weighted by molar-refractivity contribution is 5.20. The third kappa shape index (κ3) is 2.29. The predicted octanol–water partition coefficient (Wildman–Crippen LogP) is 2.26. The molecule has 13 heavy (non-hydrogen) atoms. The molecule has 0 saturated carbocycles. The molecule has 0 spiro atoms. The van der Waals surface area contributed by atoms with E-state index in [1.165, 1.54) is 11.1 Å². The van der Waals surface area contributed by atoms with E-state index in [2.05, 4.69) is 31.2 Å². The van der Waals surface area contributed by atoms with Gasteiger partial charge < -0.3 is 9.47 Å². The Hall–Kier alpha value is -0.860. The van der Waals surface area contributed by atoms with E-state index in [4.69, 9.17) is 9.47 Å². The number of hydrogen-bond acceptors (Lipinski definition) is 2. The highest BCUT2D eigenvalue weighted by Crippen LogP contribution is 2.14. The maximum Gasteiger partial charge on any atom is 0.160 e. The van der Waals surface area contributed by atoms with Crippen molar-refractivity contribution in [2.24, 2.45) is 0 Å². The number of hydrogen-bond donors (Lipinski definition) is 0. The van der Waals surface area contributed by atoms with E-state index in [9.17, 15) is 0 Å². The summed E-state index contributed by atoms with van der Waals surface area (Å²) in [5.74, 6) is 0. The Kier molecular flexibility index (Phi) is 2.62. The first kappa shape index (κ1) is 8.73. The topological polar surface area (TPSA) is 18.5 Å². The molecule has 0 bridgehead atoms. The molecule has 2 nitrogen and oxygen atoms in total. The zero-order valence-corrected chi connectivity index (χ0v) is 7.82. The molecule has 1 aliphatic heterocycles. The van der Waals surface area contributed by atoms with Crippen LogP contribution in [0.25, 0.3) is 0 Å². The summed E-state index contributed by atoms with van der Waals surface area (Å²) in [5, 5.41) is 0. The largest absolute Gasteiger partial charge is 0.352 e. The third-order valence-corrected chi connectivity index (χ3v) is 2.21. The van der Waals surface area contributed by atoms with E-state index in [0.29, 0.717) is 6.61 Å². The molecule has 1 heterocycles. The summed E-state index contributed by atoms with van der Waals surface area (Å²) in [6.45, 7) is 3.59. The van der Waals surface area contributed by atoms with Gasteiger partial charge in [-0.15, -0.1) is 0 Å². The minimum atomic E-state index is 0.0429. The Morgan fingerprint density at radius 3 is 2.62 bits per heavy atom. The molecule has 1 fully saturated rings. The smallest absolute Gasteiger partial charge is 0.160 e. The van der Waals surface area contributed by atoms with Crippen LogP contribution >= 0.6 is 0 Å². The van der Waals surface area contributed by atoms with Crippen molar-refractivity contribution in [1.29, 1.82) is 0 Å². The summed E-state index contributed by atoms with van der Waals surface area (Å²) in [4.78, 5) is 0. The van der Waals surface area contributed by atoms with Gasteiger partial charge >= 0.3 is 0 Å². The molecule has 0 amide bonds. The van der Waals surface area contributed by atoms with Crippen LogP contribution in [0.2, 0.25) is 0 Å². The zero-order valence-electron chi connectivity index (χ0n) is 7.82. The second-order valence-electron chi connectivity index (χ2n) is 3.39. The Morgan fingerprint density at radius 2 is 2.08 bits per heavy atom. The number of rotatable bonds is 3. The first-order valence-corrected chi connectivity index (χ1v) is 4.63. The molecular formula is C11H14O2. The van der Waals surface area contributed by atoms with Crippen LogP contribution in [0.5, 0.6) is 0 Å². The van der Waals surface area contributed by atoms with E-state index in [0.717, 1.165) is 13.0 Å². The average molecular weight is 178 g/mol. The van der Waals surface area contributed by atoms with Crippen LogP contribution in [-0.4, -0.2) is 12.9 Å². The molecule has 1 aliphatic rings. The summed E-state index contributed by atoms with van der Waals surface area (Å²) < 4.78 is 10.6. The third-order valence-electron chi connectivity index (χ3n) is 2.21. The Balaban J connectivity index is 1.83. The van der Waals surface area contributed by atoms with Gasteiger partial charge in [0, 0.05) is 6.42 Å². The monoisotopic (exact) mass is 178 g/mol. The van der Waals surface area contributed by atoms with Gasteiger partial charge in [0.05, 0.1) is 13.2 Å². The molecule has 70 valence electrons. The summed E-state index contributed by atoms with van der Waals surface area (Å²) in [6, 6.07) is 8.38. The fourth-order valence-electron chi connectivity index (χ4n) is 1.22. The van der Waals surface area contributed by atoms with Crippen molar-refractivity contribution in [3.8, 4) is 0 Å². The van der Waals surface area contributed by atoms with E-state index in [-0.39, 0.29) is 6.29 Å². The Morgan fingerprint density at radius 1 is 1.38 bits per heavy atom. The van der Waals surface area contributed by atoms with E-state index in [1.807, 2.05) is 0 Å². The molecular weight excluding hydrogens is 164 g/mol. The lowest BCUT2D eigenvalue weighted by Crippen LogP contribution is -2.29. The molecule has 0 N–H and O–H groups in total. The van der Waals surface area contributed by atoms with Gasteiger partial charge in [-0.3, -0.25) is 0 Å². The van der Waals surface area contributed by atoms with Crippen LogP contribution < -0.4 is 0 Å². The lowest BCUT2D eigenvalue weighted by molar-refractivity contribution is -0.220. The van der Waals surface area contributed by atoms with Crippen molar-refractivity contribution < 1.29 is 9.47 Å². The van der Waals surface area contributed by atoms with Gasteiger partial charge in [-0.05, 0) is 12.5 Å². The molecule has 0 aliphatic carbocycles. The van der Waals surface area contributed by atoms with Crippen LogP contribution in [0.3, 0.4) is 0 Å². The van der Waals surface area contributed by atoms with Crippen molar-refractivity contribution in [3.63, 3.8) is 0 Å². The summed E-state index contributed by atoms with van der Waals surface area (Å²) in [6.07, 6.45) is 1.08. The molecule has 2 rings (SSSR count). The number of aryl methyl sites for hydroxylation is 1. The highest BCUT2D eigenvalue weighted by Gasteiger charge is 2.17. The Labute approximate surface area is 78.5 Å².